The summed E-state index contributed by atoms with van der Waals surface area (Å²) in [7, 11) is 0. The van der Waals surface area contributed by atoms with Crippen molar-refractivity contribution < 1.29 is 4.39 Å². The number of hydrogen-bond donors (Lipinski definition) is 1. The lowest BCUT2D eigenvalue weighted by Gasteiger charge is -2.23. The molecule has 1 N–H and O–H groups in total. The predicted octanol–water partition coefficient (Wildman–Crippen LogP) is 3.56. The van der Waals surface area contributed by atoms with Crippen molar-refractivity contribution in [3.05, 3.63) is 35.1 Å². The van der Waals surface area contributed by atoms with E-state index in [0.29, 0.717) is 12.6 Å². The quantitative estimate of drug-likeness (QED) is 0.823. The molecule has 0 spiro atoms. The normalized spacial score (nSPS) is 17.6. The molecule has 0 aromatic heterocycles. The predicted molar refractivity (Wildman–Crippen MR) is 64.8 cm³/mol. The molecule has 0 atom stereocenters. The number of rotatable bonds is 3. The molecule has 1 aromatic rings. The number of aryl methyl sites for hydroxylation is 1. The highest BCUT2D eigenvalue weighted by atomic mass is 19.1. The van der Waals surface area contributed by atoms with Gasteiger partial charge in [0, 0.05) is 18.2 Å². The van der Waals surface area contributed by atoms with Crippen LogP contribution < -0.4 is 5.32 Å². The fourth-order valence-electron chi connectivity index (χ4n) is 2.36. The summed E-state index contributed by atoms with van der Waals surface area (Å²) in [5.74, 6) is -0.0803. The molecule has 0 amide bonds. The maximum absolute atomic E-state index is 13.6. The second-order valence-electron chi connectivity index (χ2n) is 4.81. The Morgan fingerprint density at radius 3 is 2.69 bits per heavy atom. The zero-order chi connectivity index (χ0) is 11.4. The average molecular weight is 221 g/mol. The van der Waals surface area contributed by atoms with Gasteiger partial charge >= 0.3 is 0 Å². The van der Waals surface area contributed by atoms with Crippen LogP contribution in [-0.2, 0) is 6.54 Å². The molecular formula is C14H20FN. The van der Waals surface area contributed by atoms with Gasteiger partial charge in [-0.15, -0.1) is 0 Å². The Morgan fingerprint density at radius 1 is 1.25 bits per heavy atom. The van der Waals surface area contributed by atoms with Gasteiger partial charge in [-0.25, -0.2) is 4.39 Å². The summed E-state index contributed by atoms with van der Waals surface area (Å²) in [6.45, 7) is 2.58. The molecule has 0 unspecified atom stereocenters. The van der Waals surface area contributed by atoms with Gasteiger partial charge in [-0.3, -0.25) is 0 Å². The topological polar surface area (TPSA) is 12.0 Å². The molecule has 1 aromatic carbocycles. The molecule has 0 heterocycles. The Morgan fingerprint density at radius 2 is 2.00 bits per heavy atom. The summed E-state index contributed by atoms with van der Waals surface area (Å²) >= 11 is 0. The maximum Gasteiger partial charge on any atom is 0.127 e. The maximum atomic E-state index is 13.6. The molecular weight excluding hydrogens is 201 g/mol. The van der Waals surface area contributed by atoms with Gasteiger partial charge in [0.2, 0.25) is 0 Å². The molecule has 88 valence electrons. The fraction of sp³-hybridized carbons (Fsp3) is 0.571. The first kappa shape index (κ1) is 11.6. The van der Waals surface area contributed by atoms with E-state index in [9.17, 15) is 4.39 Å². The first-order chi connectivity index (χ1) is 7.75. The molecule has 1 nitrogen and oxygen atoms in total. The minimum Gasteiger partial charge on any atom is -0.310 e. The minimum absolute atomic E-state index is 0.0803. The van der Waals surface area contributed by atoms with Crippen LogP contribution in [0.15, 0.2) is 18.2 Å². The molecule has 0 radical (unpaired) electrons. The van der Waals surface area contributed by atoms with Crippen molar-refractivity contribution in [3.63, 3.8) is 0 Å². The lowest BCUT2D eigenvalue weighted by Crippen LogP contribution is -2.30. The lowest BCUT2D eigenvalue weighted by atomic mass is 9.95. The van der Waals surface area contributed by atoms with E-state index < -0.39 is 0 Å². The SMILES string of the molecule is Cc1ccc(CNC2CCCCC2)c(F)c1. The van der Waals surface area contributed by atoms with Gasteiger partial charge in [0.25, 0.3) is 0 Å². The summed E-state index contributed by atoms with van der Waals surface area (Å²) in [6.07, 6.45) is 6.47. The van der Waals surface area contributed by atoms with Crippen molar-refractivity contribution in [2.75, 3.05) is 0 Å². The van der Waals surface area contributed by atoms with Crippen molar-refractivity contribution in [3.8, 4) is 0 Å². The molecule has 2 heteroatoms. The van der Waals surface area contributed by atoms with Crippen molar-refractivity contribution in [2.24, 2.45) is 0 Å². The Balaban J connectivity index is 1.88. The zero-order valence-electron chi connectivity index (χ0n) is 9.93. The van der Waals surface area contributed by atoms with Crippen LogP contribution >= 0.6 is 0 Å². The van der Waals surface area contributed by atoms with Crippen molar-refractivity contribution in [1.82, 2.24) is 5.32 Å². The van der Waals surface area contributed by atoms with Gasteiger partial charge in [-0.2, -0.15) is 0 Å². The number of hydrogen-bond acceptors (Lipinski definition) is 1. The largest absolute Gasteiger partial charge is 0.310 e. The molecule has 1 fully saturated rings. The van der Waals surface area contributed by atoms with Gasteiger partial charge in [-0.05, 0) is 31.4 Å². The van der Waals surface area contributed by atoms with Crippen molar-refractivity contribution >= 4 is 0 Å². The van der Waals surface area contributed by atoms with E-state index in [1.54, 1.807) is 6.07 Å². The standard InChI is InChI=1S/C14H20FN/c1-11-7-8-12(14(15)9-11)10-16-13-5-3-2-4-6-13/h7-9,13,16H,2-6,10H2,1H3. The van der Waals surface area contributed by atoms with Gasteiger partial charge in [0.1, 0.15) is 5.82 Å². The Labute approximate surface area is 97.1 Å². The van der Waals surface area contributed by atoms with E-state index in [2.05, 4.69) is 5.32 Å². The number of nitrogens with one attached hydrogen (secondary N) is 1. The first-order valence-corrected chi connectivity index (χ1v) is 6.24. The Hall–Kier alpha value is -0.890. The van der Waals surface area contributed by atoms with Gasteiger partial charge in [0.15, 0.2) is 0 Å². The highest BCUT2D eigenvalue weighted by Crippen LogP contribution is 2.18. The lowest BCUT2D eigenvalue weighted by molar-refractivity contribution is 0.370. The Kier molecular flexibility index (Phi) is 3.94. The molecule has 1 aliphatic rings. The second-order valence-corrected chi connectivity index (χ2v) is 4.81. The molecule has 2 rings (SSSR count). The van der Waals surface area contributed by atoms with Crippen LogP contribution in [0.2, 0.25) is 0 Å². The molecule has 1 aliphatic carbocycles. The summed E-state index contributed by atoms with van der Waals surface area (Å²) in [6, 6.07) is 6.06. The third-order valence-corrected chi connectivity index (χ3v) is 3.39. The van der Waals surface area contributed by atoms with Crippen molar-refractivity contribution in [2.45, 2.75) is 51.6 Å². The molecule has 1 saturated carbocycles. The minimum atomic E-state index is -0.0803. The molecule has 16 heavy (non-hydrogen) atoms. The molecule has 0 bridgehead atoms. The van der Waals surface area contributed by atoms with Crippen LogP contribution in [0, 0.1) is 12.7 Å². The van der Waals surface area contributed by atoms with Crippen LogP contribution in [0.5, 0.6) is 0 Å². The van der Waals surface area contributed by atoms with E-state index in [0.717, 1.165) is 11.1 Å². The molecule has 0 aliphatic heterocycles. The third-order valence-electron chi connectivity index (χ3n) is 3.39. The molecule has 0 saturated heterocycles. The first-order valence-electron chi connectivity index (χ1n) is 6.24. The van der Waals surface area contributed by atoms with Crippen LogP contribution in [-0.4, -0.2) is 6.04 Å². The number of benzene rings is 1. The summed E-state index contributed by atoms with van der Waals surface area (Å²) in [4.78, 5) is 0. The van der Waals surface area contributed by atoms with E-state index in [4.69, 9.17) is 0 Å². The summed E-state index contributed by atoms with van der Waals surface area (Å²) in [5, 5.41) is 3.46. The van der Waals surface area contributed by atoms with Crippen LogP contribution in [0.1, 0.15) is 43.2 Å². The fourth-order valence-corrected chi connectivity index (χ4v) is 2.36. The second kappa shape index (κ2) is 5.44. The van der Waals surface area contributed by atoms with Crippen LogP contribution in [0.4, 0.5) is 4.39 Å². The van der Waals surface area contributed by atoms with E-state index in [1.165, 1.54) is 32.1 Å². The zero-order valence-corrected chi connectivity index (χ0v) is 9.93. The van der Waals surface area contributed by atoms with E-state index in [-0.39, 0.29) is 5.82 Å². The average Bonchev–Trinajstić information content (AvgIpc) is 2.29. The summed E-state index contributed by atoms with van der Waals surface area (Å²) < 4.78 is 13.6. The van der Waals surface area contributed by atoms with Crippen LogP contribution in [0.3, 0.4) is 0 Å². The summed E-state index contributed by atoms with van der Waals surface area (Å²) in [5.41, 5.74) is 1.77. The van der Waals surface area contributed by atoms with Gasteiger partial charge < -0.3 is 5.32 Å². The monoisotopic (exact) mass is 221 g/mol. The smallest absolute Gasteiger partial charge is 0.127 e. The van der Waals surface area contributed by atoms with Crippen molar-refractivity contribution in [1.29, 1.82) is 0 Å². The highest BCUT2D eigenvalue weighted by molar-refractivity contribution is 5.23. The Bertz CT molecular complexity index is 343. The highest BCUT2D eigenvalue weighted by Gasteiger charge is 2.13. The van der Waals surface area contributed by atoms with E-state index >= 15 is 0 Å². The number of halogens is 1. The van der Waals surface area contributed by atoms with E-state index in [1.807, 2.05) is 19.1 Å². The van der Waals surface area contributed by atoms with Gasteiger partial charge in [0.05, 0.1) is 0 Å². The van der Waals surface area contributed by atoms with Crippen LogP contribution in [0.25, 0.3) is 0 Å². The third kappa shape index (κ3) is 3.05. The van der Waals surface area contributed by atoms with Gasteiger partial charge in [-0.1, -0.05) is 31.4 Å².